The molecule has 174 valence electrons. The largest absolute Gasteiger partial charge is 0.501 e. The summed E-state index contributed by atoms with van der Waals surface area (Å²) < 4.78 is 27.8. The third kappa shape index (κ3) is 10.5. The maximum absolute atomic E-state index is 11.9. The Morgan fingerprint density at radius 3 is 1.90 bits per heavy atom. The Labute approximate surface area is 180 Å². The summed E-state index contributed by atoms with van der Waals surface area (Å²) >= 11 is 0. The van der Waals surface area contributed by atoms with Crippen LogP contribution in [0.25, 0.3) is 0 Å². The van der Waals surface area contributed by atoms with Crippen molar-refractivity contribution in [2.45, 2.75) is 72.0 Å². The Balaban J connectivity index is 5.31. The van der Waals surface area contributed by atoms with E-state index >= 15 is 0 Å². The number of hydrogen-bond donors (Lipinski definition) is 2. The maximum Gasteiger partial charge on any atom is 0.501 e. The van der Waals surface area contributed by atoms with E-state index in [0.717, 1.165) is 0 Å². The van der Waals surface area contributed by atoms with Gasteiger partial charge in [0.25, 0.3) is 0 Å². The number of hydrogen-bond acceptors (Lipinski definition) is 9. The molecule has 0 rings (SSSR count). The molecule has 0 aromatic heterocycles. The zero-order valence-corrected chi connectivity index (χ0v) is 19.8. The van der Waals surface area contributed by atoms with Gasteiger partial charge in [-0.2, -0.15) is 0 Å². The predicted octanol–water partition coefficient (Wildman–Crippen LogP) is 2.42. The average molecular weight is 448 g/mol. The van der Waals surface area contributed by atoms with Gasteiger partial charge in [0.1, 0.15) is 0 Å². The zero-order chi connectivity index (χ0) is 23.4. The summed E-state index contributed by atoms with van der Waals surface area (Å²) in [5.41, 5.74) is 5.72. The number of ether oxygens (including phenoxy) is 2. The number of rotatable bonds is 16. The van der Waals surface area contributed by atoms with Crippen molar-refractivity contribution in [2.24, 2.45) is 5.73 Å². The summed E-state index contributed by atoms with van der Waals surface area (Å²) in [5.74, 6) is -4.27. The maximum atomic E-state index is 11.9. The second kappa shape index (κ2) is 13.7. The first kappa shape index (κ1) is 28.4. The summed E-state index contributed by atoms with van der Waals surface area (Å²) in [5, 5.41) is 10.7. The molecule has 0 radical (unpaired) electrons. The molecule has 0 aliphatic carbocycles. The van der Waals surface area contributed by atoms with Crippen LogP contribution in [0, 0.1) is 0 Å². The quantitative estimate of drug-likeness (QED) is 0.159. The third-order valence-corrected chi connectivity index (χ3v) is 7.05. The highest BCUT2D eigenvalue weighted by Crippen LogP contribution is 2.25. The van der Waals surface area contributed by atoms with Gasteiger partial charge in [-0.3, -0.25) is 0 Å². The summed E-state index contributed by atoms with van der Waals surface area (Å²) in [6.45, 7) is 16.5. The fraction of sp³-hybridized carbons (Fsp3) is 0.700. The van der Waals surface area contributed by atoms with Crippen molar-refractivity contribution in [1.29, 1.82) is 0 Å². The number of carbonyl (C=O) groups excluding carboxylic acids is 2. The molecule has 10 heteroatoms. The highest BCUT2D eigenvalue weighted by Gasteiger charge is 2.43. The molecule has 0 bridgehead atoms. The molecule has 0 aromatic rings. The van der Waals surface area contributed by atoms with Crippen molar-refractivity contribution in [1.82, 2.24) is 0 Å². The second-order valence-corrected chi connectivity index (χ2v) is 9.64. The highest BCUT2D eigenvalue weighted by atomic mass is 28.4. The molecule has 1 unspecified atom stereocenters. The van der Waals surface area contributed by atoms with E-state index in [4.69, 9.17) is 28.5 Å². The molecule has 9 nitrogen and oxygen atoms in total. The molecule has 0 aromatic carbocycles. The normalized spacial score (nSPS) is 12.9. The number of esters is 2. The lowest BCUT2D eigenvalue weighted by atomic mass is 10.2. The number of aliphatic hydroxyl groups is 1. The lowest BCUT2D eigenvalue weighted by molar-refractivity contribution is -0.326. The SMILES string of the molecule is C=C(C)C(=O)OC(O)(CCC(C)O[Si](CCCN)(OCC)OCC)OC(=O)C(=C)C. The molecule has 0 aliphatic heterocycles. The van der Waals surface area contributed by atoms with Gasteiger partial charge in [0.15, 0.2) is 0 Å². The summed E-state index contributed by atoms with van der Waals surface area (Å²) in [6, 6.07) is 0.551. The molecule has 0 heterocycles. The average Bonchev–Trinajstić information content (AvgIpc) is 2.65. The van der Waals surface area contributed by atoms with Crippen LogP contribution in [0.4, 0.5) is 0 Å². The molecule has 0 spiro atoms. The Bertz CT molecular complexity index is 561. The number of nitrogens with two attached hydrogens (primary N) is 1. The van der Waals surface area contributed by atoms with Crippen molar-refractivity contribution >= 4 is 20.7 Å². The van der Waals surface area contributed by atoms with Crippen LogP contribution in [0.1, 0.15) is 53.9 Å². The van der Waals surface area contributed by atoms with Crippen LogP contribution in [0.5, 0.6) is 0 Å². The highest BCUT2D eigenvalue weighted by molar-refractivity contribution is 6.60. The van der Waals surface area contributed by atoms with E-state index in [9.17, 15) is 14.7 Å². The fourth-order valence-electron chi connectivity index (χ4n) is 2.41. The van der Waals surface area contributed by atoms with E-state index in [0.29, 0.717) is 32.2 Å². The first-order chi connectivity index (χ1) is 13.9. The van der Waals surface area contributed by atoms with Gasteiger partial charge < -0.3 is 33.6 Å². The van der Waals surface area contributed by atoms with Crippen molar-refractivity contribution in [3.63, 3.8) is 0 Å². The van der Waals surface area contributed by atoms with Gasteiger partial charge in [0.05, 0.1) is 6.42 Å². The Morgan fingerprint density at radius 2 is 1.53 bits per heavy atom. The van der Waals surface area contributed by atoms with Gasteiger partial charge in [-0.1, -0.05) is 13.2 Å². The van der Waals surface area contributed by atoms with Gasteiger partial charge in [-0.25, -0.2) is 9.59 Å². The fourth-order valence-corrected chi connectivity index (χ4v) is 5.28. The molecule has 1 atom stereocenters. The van der Waals surface area contributed by atoms with Crippen LogP contribution in [0.2, 0.25) is 6.04 Å². The molecule has 0 saturated carbocycles. The molecule has 0 fully saturated rings. The van der Waals surface area contributed by atoms with Crippen molar-refractivity contribution < 1.29 is 37.4 Å². The first-order valence-electron chi connectivity index (χ1n) is 10.1. The Kier molecular flexibility index (Phi) is 13.0. The van der Waals surface area contributed by atoms with Crippen LogP contribution in [0.15, 0.2) is 24.3 Å². The van der Waals surface area contributed by atoms with Crippen molar-refractivity contribution in [2.75, 3.05) is 19.8 Å². The summed E-state index contributed by atoms with van der Waals surface area (Å²) in [6.07, 6.45) is 0.174. The molecule has 0 saturated heterocycles. The molecule has 0 amide bonds. The van der Waals surface area contributed by atoms with Crippen molar-refractivity contribution in [3.05, 3.63) is 24.3 Å². The Morgan fingerprint density at radius 1 is 1.07 bits per heavy atom. The topological polar surface area (TPSA) is 127 Å². The van der Waals surface area contributed by atoms with E-state index < -0.39 is 32.8 Å². The van der Waals surface area contributed by atoms with Crippen LogP contribution >= 0.6 is 0 Å². The van der Waals surface area contributed by atoms with Gasteiger partial charge in [-0.15, -0.1) is 0 Å². The van der Waals surface area contributed by atoms with Gasteiger partial charge in [0.2, 0.25) is 0 Å². The van der Waals surface area contributed by atoms with E-state index in [-0.39, 0.29) is 24.0 Å². The minimum absolute atomic E-state index is 0.0463. The van der Waals surface area contributed by atoms with E-state index in [1.54, 1.807) is 6.92 Å². The molecular weight excluding hydrogens is 410 g/mol. The van der Waals surface area contributed by atoms with Gasteiger partial charge in [0, 0.05) is 36.5 Å². The first-order valence-corrected chi connectivity index (χ1v) is 12.0. The van der Waals surface area contributed by atoms with E-state index in [2.05, 4.69) is 13.2 Å². The second-order valence-electron chi connectivity index (χ2n) is 6.96. The van der Waals surface area contributed by atoms with E-state index in [1.807, 2.05) is 13.8 Å². The lowest BCUT2D eigenvalue weighted by Gasteiger charge is -2.33. The molecule has 0 aliphatic rings. The predicted molar refractivity (Wildman–Crippen MR) is 114 cm³/mol. The smallest absolute Gasteiger partial charge is 0.395 e. The van der Waals surface area contributed by atoms with Gasteiger partial charge in [-0.05, 0) is 54.0 Å². The lowest BCUT2D eigenvalue weighted by Crippen LogP contribution is -2.49. The van der Waals surface area contributed by atoms with Crippen LogP contribution in [0.3, 0.4) is 0 Å². The summed E-state index contributed by atoms with van der Waals surface area (Å²) in [4.78, 5) is 23.8. The Hall–Kier alpha value is -1.56. The standard InChI is InChI=1S/C20H37NO8Si/c1-8-25-30(26-9-2,14-10-13-21)29-17(7)11-12-20(24,27-18(22)15(3)4)28-19(23)16(5)6/h17,24H,3,5,8-14,21H2,1-2,4,6-7H3. The third-order valence-electron chi connectivity index (χ3n) is 3.86. The summed E-state index contributed by atoms with van der Waals surface area (Å²) in [7, 11) is -2.98. The molecular formula is C20H37NO8Si. The van der Waals surface area contributed by atoms with E-state index in [1.165, 1.54) is 13.8 Å². The monoisotopic (exact) mass is 447 g/mol. The van der Waals surface area contributed by atoms with Crippen LogP contribution < -0.4 is 5.73 Å². The number of carbonyl (C=O) groups is 2. The molecule has 3 N–H and O–H groups in total. The minimum atomic E-state index is -2.98. The molecule has 30 heavy (non-hydrogen) atoms. The van der Waals surface area contributed by atoms with Gasteiger partial charge >= 0.3 is 26.7 Å². The van der Waals surface area contributed by atoms with Crippen molar-refractivity contribution in [3.8, 4) is 0 Å². The van der Waals surface area contributed by atoms with Crippen LogP contribution in [-0.2, 0) is 32.3 Å². The van der Waals surface area contributed by atoms with Crippen LogP contribution in [-0.4, -0.2) is 57.7 Å². The zero-order valence-electron chi connectivity index (χ0n) is 18.8. The minimum Gasteiger partial charge on any atom is -0.395 e.